The Balaban J connectivity index is 1.49. The predicted octanol–water partition coefficient (Wildman–Crippen LogP) is 3.79. The fourth-order valence-electron chi connectivity index (χ4n) is 7.87. The molecule has 0 radical (unpaired) electrons. The van der Waals surface area contributed by atoms with Gasteiger partial charge in [0.05, 0.1) is 30.1 Å². The summed E-state index contributed by atoms with van der Waals surface area (Å²) in [5, 5.41) is 10.6. The van der Waals surface area contributed by atoms with E-state index in [9.17, 15) is 19.5 Å². The number of para-hydroxylation sites is 1. The minimum atomic E-state index is -1.38. The Morgan fingerprint density at radius 3 is 2.21 bits per heavy atom. The highest BCUT2D eigenvalue weighted by Gasteiger charge is 2.75. The third-order valence-corrected chi connectivity index (χ3v) is 9.82. The maximum atomic E-state index is 14.9. The zero-order valence-electron chi connectivity index (χ0n) is 25.6. The number of anilines is 1. The molecule has 1 spiro atoms. The summed E-state index contributed by atoms with van der Waals surface area (Å²) in [7, 11) is 0. The molecule has 4 aliphatic heterocycles. The first-order chi connectivity index (χ1) is 20.5. The first-order valence-corrected chi connectivity index (χ1v) is 15.2. The normalized spacial score (nSPS) is 30.8. The van der Waals surface area contributed by atoms with E-state index in [4.69, 9.17) is 4.74 Å². The van der Waals surface area contributed by atoms with Gasteiger partial charge in [0.15, 0.2) is 0 Å². The summed E-state index contributed by atoms with van der Waals surface area (Å²) in [6, 6.07) is 14.0. The van der Waals surface area contributed by atoms with E-state index in [1.165, 1.54) is 0 Å². The minimum absolute atomic E-state index is 0.135. The van der Waals surface area contributed by atoms with Gasteiger partial charge >= 0.3 is 0 Å². The summed E-state index contributed by atoms with van der Waals surface area (Å²) in [4.78, 5) is 49.1. The van der Waals surface area contributed by atoms with Gasteiger partial charge in [-0.2, -0.15) is 0 Å². The number of hydrogen-bond donors (Lipinski definition) is 1. The van der Waals surface area contributed by atoms with Crippen molar-refractivity contribution >= 4 is 23.4 Å². The van der Waals surface area contributed by atoms with Crippen molar-refractivity contribution < 1.29 is 24.2 Å². The van der Waals surface area contributed by atoms with Crippen molar-refractivity contribution in [1.29, 1.82) is 0 Å². The lowest BCUT2D eigenvalue weighted by atomic mass is 9.74. The maximum Gasteiger partial charge on any atom is 0.253 e. The van der Waals surface area contributed by atoms with Crippen LogP contribution in [0.25, 0.3) is 0 Å². The molecule has 2 aromatic rings. The molecule has 1 N–H and O–H groups in total. The molecule has 0 saturated carbocycles. The van der Waals surface area contributed by atoms with Crippen LogP contribution in [0, 0.1) is 31.6 Å². The van der Waals surface area contributed by atoms with Crippen LogP contribution in [0.4, 0.5) is 5.69 Å². The zero-order valence-corrected chi connectivity index (χ0v) is 25.6. The number of aryl methyl sites for hydroxylation is 2. The number of carbonyl (C=O) groups excluding carboxylic acids is 3. The Morgan fingerprint density at radius 1 is 0.884 bits per heavy atom. The van der Waals surface area contributed by atoms with Crippen molar-refractivity contribution in [3.8, 4) is 0 Å². The summed E-state index contributed by atoms with van der Waals surface area (Å²) in [5.74, 6) is -2.67. The van der Waals surface area contributed by atoms with Gasteiger partial charge < -0.3 is 24.5 Å². The molecule has 0 aliphatic carbocycles. The molecule has 3 amide bonds. The Hall–Kier alpha value is -3.75. The molecule has 2 fully saturated rings. The molecule has 1 unspecified atom stereocenters. The highest BCUT2D eigenvalue weighted by atomic mass is 16.5. The average molecular weight is 584 g/mol. The Labute approximate surface area is 253 Å². The average Bonchev–Trinajstić information content (AvgIpc) is 3.24. The molecule has 4 aliphatic rings. The minimum Gasteiger partial charge on any atom is -0.394 e. The zero-order chi connectivity index (χ0) is 30.7. The molecule has 6 rings (SSSR count). The standard InChI is InChI=1S/C35H41N3O5/c1-22(2)26(21-39)38-30-33(42)37(29-23(3)12-9-13-24(29)4)19-11-17-35(30)28(32(38)41)27-31(40)36(18-10-16-34(27,5)43-35)20-25-14-7-6-8-15-25/h6-17,22,26-28,30,39H,18-21H2,1-5H3/t26-,27+,28-,30?,34-,35-/m0/s1. The number of aliphatic hydroxyl groups is 1. The van der Waals surface area contributed by atoms with Crippen LogP contribution in [0.15, 0.2) is 72.8 Å². The fraction of sp³-hybridized carbons (Fsp3) is 0.457. The van der Waals surface area contributed by atoms with E-state index >= 15 is 0 Å². The first kappa shape index (κ1) is 29.3. The van der Waals surface area contributed by atoms with E-state index in [-0.39, 0.29) is 30.2 Å². The van der Waals surface area contributed by atoms with Gasteiger partial charge in [-0.15, -0.1) is 0 Å². The fourth-order valence-corrected chi connectivity index (χ4v) is 7.87. The molecule has 8 heteroatoms. The van der Waals surface area contributed by atoms with Gasteiger partial charge in [0.25, 0.3) is 5.91 Å². The van der Waals surface area contributed by atoms with Crippen LogP contribution in [-0.4, -0.2) is 75.6 Å². The highest BCUT2D eigenvalue weighted by Crippen LogP contribution is 2.58. The van der Waals surface area contributed by atoms with Crippen LogP contribution in [0.3, 0.4) is 0 Å². The number of hydrogen-bond acceptors (Lipinski definition) is 5. The number of rotatable bonds is 6. The van der Waals surface area contributed by atoms with E-state index in [1.54, 1.807) is 14.7 Å². The largest absolute Gasteiger partial charge is 0.394 e. The van der Waals surface area contributed by atoms with Gasteiger partial charge in [0.1, 0.15) is 11.6 Å². The molecule has 0 bridgehead atoms. The molecular formula is C35H41N3O5. The second-order valence-electron chi connectivity index (χ2n) is 12.9. The monoisotopic (exact) mass is 583 g/mol. The molecular weight excluding hydrogens is 542 g/mol. The van der Waals surface area contributed by atoms with Gasteiger partial charge in [-0.3, -0.25) is 14.4 Å². The lowest BCUT2D eigenvalue weighted by Crippen LogP contribution is -2.60. The number of fused-ring (bicyclic) bond motifs is 2. The van der Waals surface area contributed by atoms with Crippen molar-refractivity contribution in [2.45, 2.75) is 64.4 Å². The van der Waals surface area contributed by atoms with Crippen LogP contribution >= 0.6 is 0 Å². The van der Waals surface area contributed by atoms with Crippen molar-refractivity contribution in [2.75, 3.05) is 24.6 Å². The van der Waals surface area contributed by atoms with Crippen LogP contribution in [-0.2, 0) is 25.7 Å². The Bertz CT molecular complexity index is 1480. The van der Waals surface area contributed by atoms with E-state index in [1.807, 2.05) is 107 Å². The topological polar surface area (TPSA) is 90.4 Å². The molecule has 226 valence electrons. The highest BCUT2D eigenvalue weighted by molar-refractivity contribution is 6.06. The van der Waals surface area contributed by atoms with Crippen molar-refractivity contribution in [2.24, 2.45) is 17.8 Å². The van der Waals surface area contributed by atoms with Gasteiger partial charge in [-0.25, -0.2) is 0 Å². The van der Waals surface area contributed by atoms with E-state index in [0.29, 0.717) is 19.6 Å². The Morgan fingerprint density at radius 2 is 1.56 bits per heavy atom. The third kappa shape index (κ3) is 4.45. The summed E-state index contributed by atoms with van der Waals surface area (Å²) in [6.07, 6.45) is 7.61. The number of ether oxygens (including phenoxy) is 1. The first-order valence-electron chi connectivity index (χ1n) is 15.2. The molecule has 2 saturated heterocycles. The van der Waals surface area contributed by atoms with Crippen LogP contribution < -0.4 is 4.90 Å². The predicted molar refractivity (Wildman–Crippen MR) is 164 cm³/mol. The number of benzene rings is 2. The van der Waals surface area contributed by atoms with Crippen LogP contribution in [0.5, 0.6) is 0 Å². The second-order valence-corrected chi connectivity index (χ2v) is 12.9. The summed E-state index contributed by atoms with van der Waals surface area (Å²) in [5.41, 5.74) is 1.22. The van der Waals surface area contributed by atoms with Crippen molar-refractivity contribution in [3.63, 3.8) is 0 Å². The lowest BCUT2D eigenvalue weighted by Gasteiger charge is -2.41. The van der Waals surface area contributed by atoms with Crippen molar-refractivity contribution in [1.82, 2.24) is 9.80 Å². The second kappa shape index (κ2) is 10.8. The summed E-state index contributed by atoms with van der Waals surface area (Å²) >= 11 is 0. The summed E-state index contributed by atoms with van der Waals surface area (Å²) in [6.45, 7) is 10.5. The number of carbonyl (C=O) groups is 3. The van der Waals surface area contributed by atoms with E-state index in [2.05, 4.69) is 0 Å². The molecule has 8 nitrogen and oxygen atoms in total. The molecule has 0 aromatic heterocycles. The molecule has 4 heterocycles. The van der Waals surface area contributed by atoms with E-state index in [0.717, 1.165) is 22.4 Å². The summed E-state index contributed by atoms with van der Waals surface area (Å²) < 4.78 is 6.97. The molecule has 43 heavy (non-hydrogen) atoms. The van der Waals surface area contributed by atoms with Gasteiger partial charge in [0.2, 0.25) is 11.8 Å². The van der Waals surface area contributed by atoms with E-state index < -0.39 is 35.1 Å². The maximum absolute atomic E-state index is 14.9. The van der Waals surface area contributed by atoms with Gasteiger partial charge in [0, 0.05) is 25.3 Å². The smallest absolute Gasteiger partial charge is 0.253 e. The molecule has 6 atom stereocenters. The number of amides is 3. The third-order valence-electron chi connectivity index (χ3n) is 9.82. The van der Waals surface area contributed by atoms with Gasteiger partial charge in [-0.05, 0) is 43.4 Å². The lowest BCUT2D eigenvalue weighted by molar-refractivity contribution is -0.152. The number of nitrogens with zero attached hydrogens (tertiary/aromatic N) is 3. The van der Waals surface area contributed by atoms with Crippen LogP contribution in [0.2, 0.25) is 0 Å². The van der Waals surface area contributed by atoms with Crippen molar-refractivity contribution in [3.05, 3.63) is 89.5 Å². The molecule has 2 aromatic carbocycles. The SMILES string of the molecule is Cc1cccc(C)c1N1CC=C[C@]23O[C@@]4(C)C=CCN(Cc5ccccc5)C(=O)[C@H]4[C@H]2C(=O)N([C@@H](CO)C(C)C)C3C1=O. The number of likely N-dealkylation sites (tertiary alicyclic amines) is 1. The van der Waals surface area contributed by atoms with Gasteiger partial charge in [-0.1, -0.05) is 86.7 Å². The number of aliphatic hydroxyl groups excluding tert-OH is 1. The van der Waals surface area contributed by atoms with Crippen LogP contribution in [0.1, 0.15) is 37.5 Å². The Kier molecular flexibility index (Phi) is 7.33. The quantitative estimate of drug-likeness (QED) is 0.523.